The van der Waals surface area contributed by atoms with E-state index in [2.05, 4.69) is 31.5 Å². The van der Waals surface area contributed by atoms with E-state index < -0.39 is 11.7 Å². The number of fused-ring (bicyclic) bond motifs is 1. The summed E-state index contributed by atoms with van der Waals surface area (Å²) < 4.78 is 42.8. The number of halogens is 3. The van der Waals surface area contributed by atoms with Crippen LogP contribution in [0.5, 0.6) is 0 Å². The first-order valence-electron chi connectivity index (χ1n) is 13.9. The average molecular weight is 554 g/mol. The van der Waals surface area contributed by atoms with E-state index in [1.807, 2.05) is 22.7 Å². The number of tetrazole rings is 1. The van der Waals surface area contributed by atoms with Gasteiger partial charge in [0.1, 0.15) is 5.82 Å². The molecule has 40 heavy (non-hydrogen) atoms. The molecule has 2 saturated carbocycles. The van der Waals surface area contributed by atoms with Gasteiger partial charge in [0.25, 0.3) is 5.95 Å². The molecule has 6 rings (SSSR count). The van der Waals surface area contributed by atoms with E-state index in [9.17, 15) is 13.2 Å². The average Bonchev–Trinajstić information content (AvgIpc) is 3.82. The number of benzene rings is 1. The molecule has 0 bridgehead atoms. The summed E-state index contributed by atoms with van der Waals surface area (Å²) in [6.45, 7) is 6.91. The third kappa shape index (κ3) is 5.90. The van der Waals surface area contributed by atoms with Gasteiger partial charge in [-0.25, -0.2) is 9.67 Å². The lowest BCUT2D eigenvalue weighted by molar-refractivity contribution is -0.137. The number of anilines is 2. The summed E-state index contributed by atoms with van der Waals surface area (Å²) in [5.41, 5.74) is 2.23. The highest BCUT2D eigenvalue weighted by Gasteiger charge is 2.33. The number of hydrogen-bond acceptors (Lipinski definition) is 7. The number of aromatic nitrogens is 7. The van der Waals surface area contributed by atoms with Gasteiger partial charge in [-0.15, -0.1) is 5.10 Å². The summed E-state index contributed by atoms with van der Waals surface area (Å²) in [4.78, 5) is 10.8. The number of pyridine rings is 1. The zero-order valence-electron chi connectivity index (χ0n) is 23.1. The molecule has 2 fully saturated rings. The van der Waals surface area contributed by atoms with Crippen LogP contribution in [0.3, 0.4) is 0 Å². The van der Waals surface area contributed by atoms with Crippen LogP contribution in [-0.2, 0) is 32.9 Å². The Morgan fingerprint density at radius 2 is 1.70 bits per heavy atom. The van der Waals surface area contributed by atoms with Crippen molar-refractivity contribution in [3.63, 3.8) is 0 Å². The van der Waals surface area contributed by atoms with Crippen LogP contribution in [0, 0.1) is 18.8 Å². The minimum atomic E-state index is -4.43. The number of alkyl halides is 3. The first-order chi connectivity index (χ1) is 19.2. The lowest BCUT2D eigenvalue weighted by Crippen LogP contribution is -2.32. The largest absolute Gasteiger partial charge is 0.416 e. The van der Waals surface area contributed by atoms with Gasteiger partial charge >= 0.3 is 6.18 Å². The summed E-state index contributed by atoms with van der Waals surface area (Å²) in [6.07, 6.45) is 2.33. The highest BCUT2D eigenvalue weighted by Crippen LogP contribution is 2.37. The van der Waals surface area contributed by atoms with Crippen LogP contribution in [0.2, 0.25) is 0 Å². The lowest BCUT2D eigenvalue weighted by atomic mass is 10.1. The van der Waals surface area contributed by atoms with E-state index in [1.165, 1.54) is 42.6 Å². The molecule has 0 spiro atoms. The minimum absolute atomic E-state index is 0.188. The maximum absolute atomic E-state index is 13.6. The second-order valence-electron chi connectivity index (χ2n) is 11.3. The maximum atomic E-state index is 13.6. The van der Waals surface area contributed by atoms with Gasteiger partial charge < -0.3 is 9.80 Å². The SMILES string of the molecule is CCn1ncc2cc(CN(Cc3cc(C)cc(C(F)(F)F)c3)c3nnn(C)n3)c(N(CC3CC3)CC3CC3)nc21. The van der Waals surface area contributed by atoms with Gasteiger partial charge in [0.05, 0.1) is 18.8 Å². The Bertz CT molecular complexity index is 1490. The van der Waals surface area contributed by atoms with Gasteiger partial charge in [0, 0.05) is 43.7 Å². The monoisotopic (exact) mass is 553 g/mol. The predicted molar refractivity (Wildman–Crippen MR) is 146 cm³/mol. The number of nitrogens with zero attached hydrogens (tertiary/aromatic N) is 9. The topological polar surface area (TPSA) is 80.8 Å². The standard InChI is InChI=1S/C28H34F3N9/c1-4-40-26-22(13-32-40)12-23(25(33-26)38(14-19-5-6-19)15-20-7-8-20)17-39(27-34-36-37(3)35-27)16-21-9-18(2)10-24(11-21)28(29,30)31/h9-13,19-20H,4-8,14-17H2,1-3H3. The van der Waals surface area contributed by atoms with Crippen molar-refractivity contribution in [2.24, 2.45) is 18.9 Å². The summed E-state index contributed by atoms with van der Waals surface area (Å²) in [7, 11) is 1.67. The Morgan fingerprint density at radius 3 is 2.30 bits per heavy atom. The van der Waals surface area contributed by atoms with Crippen molar-refractivity contribution in [2.45, 2.75) is 65.3 Å². The molecule has 212 valence electrons. The van der Waals surface area contributed by atoms with Crippen molar-refractivity contribution in [3.8, 4) is 0 Å². The molecule has 0 saturated heterocycles. The zero-order valence-corrected chi connectivity index (χ0v) is 23.1. The number of rotatable bonds is 11. The summed E-state index contributed by atoms with van der Waals surface area (Å²) in [6, 6.07) is 6.27. The molecule has 3 aromatic heterocycles. The molecule has 4 aromatic rings. The Balaban J connectivity index is 1.41. The molecule has 0 amide bonds. The van der Waals surface area contributed by atoms with Crippen LogP contribution in [0.15, 0.2) is 30.5 Å². The Kier molecular flexibility index (Phi) is 6.87. The van der Waals surface area contributed by atoms with E-state index in [4.69, 9.17) is 4.98 Å². The number of hydrogen-bond donors (Lipinski definition) is 0. The van der Waals surface area contributed by atoms with Crippen molar-refractivity contribution in [1.82, 2.24) is 35.0 Å². The van der Waals surface area contributed by atoms with Gasteiger partial charge in [-0.2, -0.15) is 23.1 Å². The van der Waals surface area contributed by atoms with Crippen LogP contribution in [0.1, 0.15) is 54.9 Å². The molecular weight excluding hydrogens is 519 g/mol. The molecule has 0 N–H and O–H groups in total. The normalized spacial score (nSPS) is 15.7. The number of aryl methyl sites for hydroxylation is 3. The van der Waals surface area contributed by atoms with E-state index in [-0.39, 0.29) is 6.54 Å². The molecule has 0 radical (unpaired) electrons. The molecular formula is C28H34F3N9. The third-order valence-electron chi connectivity index (χ3n) is 7.60. The van der Waals surface area contributed by atoms with Crippen LogP contribution in [0.4, 0.5) is 24.9 Å². The van der Waals surface area contributed by atoms with Gasteiger partial charge in [0.2, 0.25) is 0 Å². The summed E-state index contributed by atoms with van der Waals surface area (Å²) in [5.74, 6) is 2.61. The third-order valence-corrected chi connectivity index (χ3v) is 7.60. The molecule has 2 aliphatic rings. The first kappa shape index (κ1) is 26.5. The van der Waals surface area contributed by atoms with Gasteiger partial charge in [-0.1, -0.05) is 16.7 Å². The first-order valence-corrected chi connectivity index (χ1v) is 13.9. The highest BCUT2D eigenvalue weighted by atomic mass is 19.4. The molecule has 12 heteroatoms. The predicted octanol–water partition coefficient (Wildman–Crippen LogP) is 5.14. The Hall–Kier alpha value is -3.70. The van der Waals surface area contributed by atoms with Gasteiger partial charge in [-0.05, 0) is 80.3 Å². The minimum Gasteiger partial charge on any atom is -0.356 e. The van der Waals surface area contributed by atoms with E-state index in [0.29, 0.717) is 42.0 Å². The van der Waals surface area contributed by atoms with Crippen molar-refractivity contribution >= 4 is 22.8 Å². The molecule has 9 nitrogen and oxygen atoms in total. The smallest absolute Gasteiger partial charge is 0.356 e. The quantitative estimate of drug-likeness (QED) is 0.255. The second kappa shape index (κ2) is 10.4. The maximum Gasteiger partial charge on any atom is 0.416 e. The van der Waals surface area contributed by atoms with Crippen molar-refractivity contribution in [1.29, 1.82) is 0 Å². The summed E-state index contributed by atoms with van der Waals surface area (Å²) >= 11 is 0. The zero-order chi connectivity index (χ0) is 28.0. The highest BCUT2D eigenvalue weighted by molar-refractivity contribution is 5.79. The molecule has 1 aromatic carbocycles. The van der Waals surface area contributed by atoms with E-state index in [1.54, 1.807) is 20.0 Å². The lowest BCUT2D eigenvalue weighted by Gasteiger charge is -2.29. The fourth-order valence-electron chi connectivity index (χ4n) is 5.28. The fourth-order valence-corrected chi connectivity index (χ4v) is 5.28. The van der Waals surface area contributed by atoms with Crippen molar-refractivity contribution in [2.75, 3.05) is 22.9 Å². The molecule has 3 heterocycles. The van der Waals surface area contributed by atoms with E-state index in [0.717, 1.165) is 35.5 Å². The molecule has 0 atom stereocenters. The molecule has 0 unspecified atom stereocenters. The van der Waals surface area contributed by atoms with Crippen molar-refractivity contribution in [3.05, 3.63) is 52.7 Å². The molecule has 0 aliphatic heterocycles. The van der Waals surface area contributed by atoms with Crippen LogP contribution in [0.25, 0.3) is 11.0 Å². The second-order valence-corrected chi connectivity index (χ2v) is 11.3. The van der Waals surface area contributed by atoms with Crippen LogP contribution < -0.4 is 9.80 Å². The fraction of sp³-hybridized carbons (Fsp3) is 0.536. The van der Waals surface area contributed by atoms with Crippen LogP contribution >= 0.6 is 0 Å². The van der Waals surface area contributed by atoms with Gasteiger partial charge in [0.15, 0.2) is 5.65 Å². The summed E-state index contributed by atoms with van der Waals surface area (Å²) in [5, 5.41) is 18.1. The Morgan fingerprint density at radius 1 is 0.975 bits per heavy atom. The van der Waals surface area contributed by atoms with Gasteiger partial charge in [-0.3, -0.25) is 0 Å². The Labute approximate surface area is 231 Å². The van der Waals surface area contributed by atoms with Crippen LogP contribution in [-0.4, -0.2) is 48.1 Å². The molecule has 2 aliphatic carbocycles. The van der Waals surface area contributed by atoms with Crippen molar-refractivity contribution < 1.29 is 13.2 Å². The van der Waals surface area contributed by atoms with E-state index >= 15 is 0 Å².